The Balaban J connectivity index is 2.02. The Kier molecular flexibility index (Phi) is 6.87. The van der Waals surface area contributed by atoms with Crippen LogP contribution in [0.4, 0.5) is 11.4 Å². The molecule has 178 valence electrons. The lowest BCUT2D eigenvalue weighted by atomic mass is 9.90. The third kappa shape index (κ3) is 4.90. The summed E-state index contributed by atoms with van der Waals surface area (Å²) in [5.74, 6) is -0.0225. The van der Waals surface area contributed by atoms with E-state index >= 15 is 0 Å². The highest BCUT2D eigenvalue weighted by molar-refractivity contribution is 6.30. The molecular weight excluding hydrogens is 450 g/mol. The second-order valence-corrected chi connectivity index (χ2v) is 10.1. The first-order valence-electron chi connectivity index (χ1n) is 11.9. The van der Waals surface area contributed by atoms with Gasteiger partial charge in [0.05, 0.1) is 11.4 Å². The predicted molar refractivity (Wildman–Crippen MR) is 150 cm³/mol. The molecule has 0 bridgehead atoms. The van der Waals surface area contributed by atoms with E-state index in [1.165, 1.54) is 27.8 Å². The molecule has 35 heavy (non-hydrogen) atoms. The summed E-state index contributed by atoms with van der Waals surface area (Å²) in [5.41, 5.74) is 13.3. The summed E-state index contributed by atoms with van der Waals surface area (Å²) in [6.07, 6.45) is 0. The monoisotopic (exact) mass is 481 g/mol. The summed E-state index contributed by atoms with van der Waals surface area (Å²) in [4.78, 5) is 15.0. The number of hydrogen-bond donors (Lipinski definition) is 0. The van der Waals surface area contributed by atoms with Gasteiger partial charge in [-0.3, -0.25) is 9.69 Å². The Morgan fingerprint density at radius 1 is 0.657 bits per heavy atom. The van der Waals surface area contributed by atoms with Crippen molar-refractivity contribution < 1.29 is 4.79 Å². The molecule has 0 spiro atoms. The molecule has 4 aromatic rings. The van der Waals surface area contributed by atoms with Crippen LogP contribution >= 0.6 is 11.6 Å². The molecule has 0 fully saturated rings. The Morgan fingerprint density at radius 3 is 1.66 bits per heavy atom. The number of hydrogen-bond acceptors (Lipinski definition) is 1. The van der Waals surface area contributed by atoms with E-state index in [1.807, 2.05) is 29.2 Å². The summed E-state index contributed by atoms with van der Waals surface area (Å²) in [6, 6.07) is 23.0. The topological polar surface area (TPSA) is 20.3 Å². The van der Waals surface area contributed by atoms with Gasteiger partial charge < -0.3 is 0 Å². The number of nitrogens with zero attached hydrogens (tertiary/aromatic N) is 1. The first-order chi connectivity index (χ1) is 16.6. The Bertz CT molecular complexity index is 1390. The van der Waals surface area contributed by atoms with Crippen molar-refractivity contribution in [3.05, 3.63) is 105 Å². The lowest BCUT2D eigenvalue weighted by Gasteiger charge is -2.28. The molecule has 0 saturated carbocycles. The van der Waals surface area contributed by atoms with E-state index in [0.29, 0.717) is 5.02 Å². The first-order valence-corrected chi connectivity index (χ1v) is 12.3. The second-order valence-electron chi connectivity index (χ2n) is 9.61. The minimum Gasteiger partial charge on any atom is -0.280 e. The molecule has 0 aliphatic heterocycles. The molecule has 4 rings (SSSR count). The van der Waals surface area contributed by atoms with E-state index in [2.05, 4.69) is 84.0 Å². The van der Waals surface area contributed by atoms with Crippen molar-refractivity contribution in [3.8, 4) is 22.3 Å². The van der Waals surface area contributed by atoms with Crippen molar-refractivity contribution in [2.75, 3.05) is 4.90 Å². The zero-order chi connectivity index (χ0) is 25.4. The van der Waals surface area contributed by atoms with Crippen LogP contribution in [0.2, 0.25) is 5.02 Å². The van der Waals surface area contributed by atoms with Crippen LogP contribution in [0.5, 0.6) is 0 Å². The van der Waals surface area contributed by atoms with Crippen molar-refractivity contribution >= 4 is 28.9 Å². The third-order valence-electron chi connectivity index (χ3n) is 6.53. The highest BCUT2D eigenvalue weighted by atomic mass is 35.5. The molecule has 4 aromatic carbocycles. The number of amides is 1. The zero-order valence-corrected chi connectivity index (χ0v) is 22.3. The van der Waals surface area contributed by atoms with Gasteiger partial charge in [0.1, 0.15) is 0 Å². The van der Waals surface area contributed by atoms with Crippen LogP contribution in [-0.4, -0.2) is 5.91 Å². The number of carbonyl (C=O) groups is 1. The SMILES string of the molecule is CC(=O)N(c1ccc(-c2c(C)cc(C)cc2C)cc1-c1ccc(Cl)cc1)c1c(C)cc(C)cc1C. The van der Waals surface area contributed by atoms with Crippen LogP contribution in [0.25, 0.3) is 22.3 Å². The average molecular weight is 482 g/mol. The van der Waals surface area contributed by atoms with E-state index in [0.717, 1.165) is 39.2 Å². The van der Waals surface area contributed by atoms with Crippen LogP contribution in [0, 0.1) is 41.5 Å². The average Bonchev–Trinajstić information content (AvgIpc) is 2.76. The Hall–Kier alpha value is -3.36. The smallest absolute Gasteiger partial charge is 0.228 e. The zero-order valence-electron chi connectivity index (χ0n) is 21.6. The molecule has 0 heterocycles. The molecule has 0 aliphatic rings. The second kappa shape index (κ2) is 9.71. The number of benzene rings is 4. The van der Waals surface area contributed by atoms with Crippen LogP contribution in [0.1, 0.15) is 40.3 Å². The maximum Gasteiger partial charge on any atom is 0.228 e. The van der Waals surface area contributed by atoms with E-state index in [1.54, 1.807) is 6.92 Å². The van der Waals surface area contributed by atoms with Gasteiger partial charge in [-0.15, -0.1) is 0 Å². The number of rotatable bonds is 4. The largest absolute Gasteiger partial charge is 0.280 e. The van der Waals surface area contributed by atoms with E-state index in [9.17, 15) is 4.79 Å². The minimum absolute atomic E-state index is 0.0225. The molecule has 0 atom stereocenters. The van der Waals surface area contributed by atoms with Gasteiger partial charge in [-0.1, -0.05) is 65.2 Å². The van der Waals surface area contributed by atoms with E-state index in [4.69, 9.17) is 11.6 Å². The third-order valence-corrected chi connectivity index (χ3v) is 6.78. The normalized spacial score (nSPS) is 11.0. The molecule has 0 radical (unpaired) electrons. The predicted octanol–water partition coefficient (Wildman–Crippen LogP) is 9.21. The summed E-state index contributed by atoms with van der Waals surface area (Å²) >= 11 is 6.22. The van der Waals surface area contributed by atoms with Gasteiger partial charge in [-0.05, 0) is 105 Å². The van der Waals surface area contributed by atoms with Crippen molar-refractivity contribution in [1.82, 2.24) is 0 Å². The van der Waals surface area contributed by atoms with Crippen LogP contribution < -0.4 is 4.90 Å². The van der Waals surface area contributed by atoms with Gasteiger partial charge in [-0.25, -0.2) is 0 Å². The van der Waals surface area contributed by atoms with Crippen LogP contribution in [0.15, 0.2) is 66.7 Å². The fraction of sp³-hybridized carbons (Fsp3) is 0.219. The fourth-order valence-corrected chi connectivity index (χ4v) is 5.48. The van der Waals surface area contributed by atoms with E-state index in [-0.39, 0.29) is 5.91 Å². The summed E-state index contributed by atoms with van der Waals surface area (Å²) in [6.45, 7) is 14.3. The van der Waals surface area contributed by atoms with Gasteiger partial charge in [0.15, 0.2) is 0 Å². The van der Waals surface area contributed by atoms with Crippen LogP contribution in [-0.2, 0) is 4.79 Å². The molecule has 0 N–H and O–H groups in total. The number of halogens is 1. The van der Waals surface area contributed by atoms with Gasteiger partial charge in [0.25, 0.3) is 0 Å². The first kappa shape index (κ1) is 24.8. The lowest BCUT2D eigenvalue weighted by Crippen LogP contribution is -2.25. The lowest BCUT2D eigenvalue weighted by molar-refractivity contribution is -0.115. The molecule has 3 heteroatoms. The minimum atomic E-state index is -0.0225. The van der Waals surface area contributed by atoms with Crippen molar-refractivity contribution in [1.29, 1.82) is 0 Å². The van der Waals surface area contributed by atoms with Crippen molar-refractivity contribution in [2.24, 2.45) is 0 Å². The standard InChI is InChI=1S/C32H32ClNO/c1-19-14-21(3)31(22(4)15-19)27-10-13-30(29(18-27)26-8-11-28(33)12-9-26)34(25(7)35)32-23(5)16-20(2)17-24(32)6/h8-18H,1-7H3. The van der Waals surface area contributed by atoms with Gasteiger partial charge in [-0.2, -0.15) is 0 Å². The van der Waals surface area contributed by atoms with Gasteiger partial charge in [0, 0.05) is 17.5 Å². The molecular formula is C32H32ClNO. The maximum absolute atomic E-state index is 13.2. The highest BCUT2D eigenvalue weighted by Crippen LogP contribution is 2.42. The number of carbonyl (C=O) groups excluding carboxylic acids is 1. The van der Waals surface area contributed by atoms with Crippen molar-refractivity contribution in [3.63, 3.8) is 0 Å². The maximum atomic E-state index is 13.2. The number of aryl methyl sites for hydroxylation is 6. The molecule has 2 nitrogen and oxygen atoms in total. The summed E-state index contributed by atoms with van der Waals surface area (Å²) in [7, 11) is 0. The molecule has 0 aromatic heterocycles. The van der Waals surface area contributed by atoms with E-state index < -0.39 is 0 Å². The molecule has 0 unspecified atom stereocenters. The molecule has 1 amide bonds. The highest BCUT2D eigenvalue weighted by Gasteiger charge is 2.23. The fourth-order valence-electron chi connectivity index (χ4n) is 5.36. The van der Waals surface area contributed by atoms with Gasteiger partial charge >= 0.3 is 0 Å². The van der Waals surface area contributed by atoms with Crippen molar-refractivity contribution in [2.45, 2.75) is 48.5 Å². The molecule has 0 saturated heterocycles. The Morgan fingerprint density at radius 2 is 1.14 bits per heavy atom. The van der Waals surface area contributed by atoms with Crippen LogP contribution in [0.3, 0.4) is 0 Å². The number of anilines is 2. The quantitative estimate of drug-likeness (QED) is 0.284. The summed E-state index contributed by atoms with van der Waals surface area (Å²) in [5, 5.41) is 0.685. The Labute approximate surface area is 214 Å². The van der Waals surface area contributed by atoms with Gasteiger partial charge in [0.2, 0.25) is 5.91 Å². The molecule has 0 aliphatic carbocycles. The summed E-state index contributed by atoms with van der Waals surface area (Å²) < 4.78 is 0.